The van der Waals surface area contributed by atoms with Gasteiger partial charge in [0.2, 0.25) is 0 Å². The number of carbonyl (C=O) groups excluding carboxylic acids is 1. The Labute approximate surface area is 112 Å². The number of aromatic nitrogens is 1. The third-order valence-electron chi connectivity index (χ3n) is 2.97. The van der Waals surface area contributed by atoms with Gasteiger partial charge in [0.15, 0.2) is 11.5 Å². The molecule has 1 aromatic rings. The van der Waals surface area contributed by atoms with E-state index >= 15 is 0 Å². The van der Waals surface area contributed by atoms with Crippen molar-refractivity contribution < 1.29 is 14.1 Å². The number of ether oxygens (including phenoxy) is 1. The number of halogens is 1. The molecule has 0 spiro atoms. The lowest BCUT2D eigenvalue weighted by molar-refractivity contribution is 0.0732. The minimum absolute atomic E-state index is 0. The van der Waals surface area contributed by atoms with Crippen molar-refractivity contribution in [1.82, 2.24) is 15.4 Å². The molecule has 0 aliphatic carbocycles. The van der Waals surface area contributed by atoms with Crippen LogP contribution in [-0.4, -0.2) is 49.3 Å². The second-order valence-electron chi connectivity index (χ2n) is 4.17. The van der Waals surface area contributed by atoms with Gasteiger partial charge < -0.3 is 19.5 Å². The van der Waals surface area contributed by atoms with Crippen LogP contribution in [0.1, 0.15) is 22.7 Å². The summed E-state index contributed by atoms with van der Waals surface area (Å²) in [5.41, 5.74) is 0.339. The highest BCUT2D eigenvalue weighted by atomic mass is 35.5. The molecule has 1 N–H and O–H groups in total. The van der Waals surface area contributed by atoms with Crippen molar-refractivity contribution in [1.29, 1.82) is 0 Å². The molecule has 0 bridgehead atoms. The SMILES string of the molecule is COCc1cc(C(=O)N(C)C2CCNC2)no1.Cl. The van der Waals surface area contributed by atoms with Crippen molar-refractivity contribution in [3.05, 3.63) is 17.5 Å². The Bertz CT molecular complexity index is 391. The predicted octanol–water partition coefficient (Wildman–Crippen LogP) is 0.677. The summed E-state index contributed by atoms with van der Waals surface area (Å²) in [6.45, 7) is 2.12. The molecule has 1 atom stereocenters. The van der Waals surface area contributed by atoms with Gasteiger partial charge in [-0.25, -0.2) is 0 Å². The lowest BCUT2D eigenvalue weighted by Gasteiger charge is -2.22. The number of likely N-dealkylation sites (N-methyl/N-ethyl adjacent to an activating group) is 1. The molecule has 1 aromatic heterocycles. The highest BCUT2D eigenvalue weighted by Gasteiger charge is 2.25. The van der Waals surface area contributed by atoms with E-state index in [0.29, 0.717) is 18.1 Å². The van der Waals surface area contributed by atoms with Crippen LogP contribution in [0.2, 0.25) is 0 Å². The van der Waals surface area contributed by atoms with Crippen molar-refractivity contribution in [2.24, 2.45) is 0 Å². The zero-order chi connectivity index (χ0) is 12.3. The first-order chi connectivity index (χ1) is 8.22. The number of hydrogen-bond acceptors (Lipinski definition) is 5. The molecule has 102 valence electrons. The normalized spacial score (nSPS) is 18.4. The average molecular weight is 276 g/mol. The summed E-state index contributed by atoms with van der Waals surface area (Å²) in [5, 5.41) is 6.99. The van der Waals surface area contributed by atoms with Crippen LogP contribution in [-0.2, 0) is 11.3 Å². The molecular formula is C11H18ClN3O3. The Morgan fingerprint density at radius 3 is 3.11 bits per heavy atom. The average Bonchev–Trinajstić information content (AvgIpc) is 2.98. The molecule has 0 radical (unpaired) electrons. The summed E-state index contributed by atoms with van der Waals surface area (Å²) < 4.78 is 9.91. The van der Waals surface area contributed by atoms with Gasteiger partial charge in [-0.3, -0.25) is 4.79 Å². The summed E-state index contributed by atoms with van der Waals surface area (Å²) in [7, 11) is 3.37. The number of amides is 1. The van der Waals surface area contributed by atoms with E-state index in [1.165, 1.54) is 0 Å². The van der Waals surface area contributed by atoms with Gasteiger partial charge in [-0.1, -0.05) is 5.16 Å². The Morgan fingerprint density at radius 2 is 2.50 bits per heavy atom. The molecule has 6 nitrogen and oxygen atoms in total. The Hall–Kier alpha value is -1.11. The van der Waals surface area contributed by atoms with Crippen molar-refractivity contribution in [3.8, 4) is 0 Å². The van der Waals surface area contributed by atoms with Crippen LogP contribution in [0, 0.1) is 0 Å². The predicted molar refractivity (Wildman–Crippen MR) is 67.8 cm³/mol. The summed E-state index contributed by atoms with van der Waals surface area (Å²) in [6.07, 6.45) is 0.977. The molecular weight excluding hydrogens is 258 g/mol. The van der Waals surface area contributed by atoms with Crippen molar-refractivity contribution in [3.63, 3.8) is 0 Å². The topological polar surface area (TPSA) is 67.6 Å². The Morgan fingerprint density at radius 1 is 1.72 bits per heavy atom. The molecule has 0 saturated carbocycles. The largest absolute Gasteiger partial charge is 0.377 e. The fourth-order valence-corrected chi connectivity index (χ4v) is 1.94. The van der Waals surface area contributed by atoms with E-state index in [4.69, 9.17) is 9.26 Å². The lowest BCUT2D eigenvalue weighted by Crippen LogP contribution is -2.38. The van der Waals surface area contributed by atoms with Crippen LogP contribution in [0.5, 0.6) is 0 Å². The van der Waals surface area contributed by atoms with Gasteiger partial charge in [0.05, 0.1) is 0 Å². The number of nitrogens with zero attached hydrogens (tertiary/aromatic N) is 2. The summed E-state index contributed by atoms with van der Waals surface area (Å²) in [5.74, 6) is 0.457. The van der Waals surface area contributed by atoms with E-state index in [1.807, 2.05) is 0 Å². The molecule has 1 aliphatic rings. The minimum atomic E-state index is -0.107. The van der Waals surface area contributed by atoms with Crippen molar-refractivity contribution >= 4 is 18.3 Å². The van der Waals surface area contributed by atoms with Crippen LogP contribution in [0.3, 0.4) is 0 Å². The third-order valence-corrected chi connectivity index (χ3v) is 2.97. The van der Waals surface area contributed by atoms with Gasteiger partial charge in [0, 0.05) is 32.8 Å². The van der Waals surface area contributed by atoms with E-state index < -0.39 is 0 Å². The van der Waals surface area contributed by atoms with E-state index in [-0.39, 0.29) is 24.4 Å². The van der Waals surface area contributed by atoms with Gasteiger partial charge in [0.25, 0.3) is 5.91 Å². The molecule has 18 heavy (non-hydrogen) atoms. The zero-order valence-corrected chi connectivity index (χ0v) is 11.3. The standard InChI is InChI=1S/C11H17N3O3.ClH/c1-14(8-3-4-12-6-8)11(15)10-5-9(7-16-2)17-13-10;/h5,8,12H,3-4,6-7H2,1-2H3;1H. The fraction of sp³-hybridized carbons (Fsp3) is 0.636. The van der Waals surface area contributed by atoms with Crippen LogP contribution in [0.4, 0.5) is 0 Å². The van der Waals surface area contributed by atoms with Crippen LogP contribution < -0.4 is 5.32 Å². The fourth-order valence-electron chi connectivity index (χ4n) is 1.94. The highest BCUT2D eigenvalue weighted by molar-refractivity contribution is 5.92. The number of nitrogens with one attached hydrogen (secondary N) is 1. The molecule has 2 heterocycles. The van der Waals surface area contributed by atoms with E-state index in [1.54, 1.807) is 25.1 Å². The second-order valence-corrected chi connectivity index (χ2v) is 4.17. The summed E-state index contributed by atoms with van der Waals surface area (Å²) in [6, 6.07) is 1.87. The molecule has 7 heteroatoms. The smallest absolute Gasteiger partial charge is 0.276 e. The minimum Gasteiger partial charge on any atom is -0.377 e. The number of hydrogen-bond donors (Lipinski definition) is 1. The first kappa shape index (κ1) is 14.9. The van der Waals surface area contributed by atoms with Gasteiger partial charge >= 0.3 is 0 Å². The number of rotatable bonds is 4. The maximum atomic E-state index is 12.1. The third kappa shape index (κ3) is 3.22. The molecule has 2 rings (SSSR count). The van der Waals surface area contributed by atoms with Crippen LogP contribution in [0.25, 0.3) is 0 Å². The van der Waals surface area contributed by atoms with E-state index in [2.05, 4.69) is 10.5 Å². The highest BCUT2D eigenvalue weighted by Crippen LogP contribution is 2.12. The molecule has 1 amide bonds. The quantitative estimate of drug-likeness (QED) is 0.875. The molecule has 0 aromatic carbocycles. The summed E-state index contributed by atoms with van der Waals surface area (Å²) >= 11 is 0. The van der Waals surface area contributed by atoms with Crippen LogP contribution >= 0.6 is 12.4 Å². The van der Waals surface area contributed by atoms with E-state index in [0.717, 1.165) is 19.5 Å². The maximum absolute atomic E-state index is 12.1. The monoisotopic (exact) mass is 275 g/mol. The van der Waals surface area contributed by atoms with Gasteiger partial charge in [-0.05, 0) is 13.0 Å². The van der Waals surface area contributed by atoms with Crippen molar-refractivity contribution in [2.45, 2.75) is 19.1 Å². The van der Waals surface area contributed by atoms with Crippen molar-refractivity contribution in [2.75, 3.05) is 27.2 Å². The van der Waals surface area contributed by atoms with Gasteiger partial charge in [0.1, 0.15) is 6.61 Å². The Kier molecular flexibility index (Phi) is 5.58. The maximum Gasteiger partial charge on any atom is 0.276 e. The van der Waals surface area contributed by atoms with Gasteiger partial charge in [-0.15, -0.1) is 12.4 Å². The Balaban J connectivity index is 0.00000162. The molecule has 1 unspecified atom stereocenters. The molecule has 1 aliphatic heterocycles. The molecule has 1 fully saturated rings. The molecule has 1 saturated heterocycles. The summed E-state index contributed by atoms with van der Waals surface area (Å²) in [4.78, 5) is 13.8. The lowest BCUT2D eigenvalue weighted by atomic mass is 10.2. The number of methoxy groups -OCH3 is 1. The van der Waals surface area contributed by atoms with Gasteiger partial charge in [-0.2, -0.15) is 0 Å². The first-order valence-electron chi connectivity index (χ1n) is 5.64. The zero-order valence-electron chi connectivity index (χ0n) is 10.5. The number of carbonyl (C=O) groups is 1. The second kappa shape index (κ2) is 6.72. The van der Waals surface area contributed by atoms with Crippen LogP contribution in [0.15, 0.2) is 10.6 Å². The van der Waals surface area contributed by atoms with E-state index in [9.17, 15) is 4.79 Å². The first-order valence-corrected chi connectivity index (χ1v) is 5.64.